The molecular formula is C31H38O17. The third-order valence-corrected chi connectivity index (χ3v) is 7.74. The summed E-state index contributed by atoms with van der Waals surface area (Å²) >= 11 is 0. The van der Waals surface area contributed by atoms with Crippen LogP contribution in [0.15, 0.2) is 24.3 Å². The summed E-state index contributed by atoms with van der Waals surface area (Å²) in [5.74, 6) is -6.20. The van der Waals surface area contributed by atoms with E-state index in [9.17, 15) is 33.9 Å². The van der Waals surface area contributed by atoms with E-state index in [1.165, 1.54) is 19.2 Å². The second-order valence-electron chi connectivity index (χ2n) is 11.2. The van der Waals surface area contributed by atoms with Crippen molar-refractivity contribution in [3.05, 3.63) is 29.8 Å². The van der Waals surface area contributed by atoms with Crippen molar-refractivity contribution in [1.29, 1.82) is 0 Å². The first-order valence-corrected chi connectivity index (χ1v) is 15.0. The molecule has 0 aromatic heterocycles. The minimum Gasteiger partial charge on any atom is -0.497 e. The van der Waals surface area contributed by atoms with E-state index in [2.05, 4.69) is 0 Å². The molecule has 10 atom stereocenters. The first-order valence-electron chi connectivity index (χ1n) is 15.0. The van der Waals surface area contributed by atoms with Crippen molar-refractivity contribution >= 4 is 35.6 Å². The summed E-state index contributed by atoms with van der Waals surface area (Å²) in [6.07, 6.45) is -11.9. The van der Waals surface area contributed by atoms with Crippen molar-refractivity contribution in [2.24, 2.45) is 11.8 Å². The highest BCUT2D eigenvalue weighted by Crippen LogP contribution is 2.39. The highest BCUT2D eigenvalue weighted by molar-refractivity contribution is 5.90. The molecule has 3 saturated heterocycles. The van der Waals surface area contributed by atoms with Crippen LogP contribution in [0.4, 0.5) is 0 Å². The van der Waals surface area contributed by atoms with E-state index in [1.54, 1.807) is 12.1 Å². The van der Waals surface area contributed by atoms with Crippen LogP contribution in [0.1, 0.15) is 44.5 Å². The van der Waals surface area contributed by atoms with Crippen molar-refractivity contribution in [1.82, 2.24) is 0 Å². The number of ketones is 1. The Balaban J connectivity index is 1.65. The fourth-order valence-corrected chi connectivity index (χ4v) is 5.75. The van der Waals surface area contributed by atoms with Gasteiger partial charge in [-0.05, 0) is 30.7 Å². The largest absolute Gasteiger partial charge is 0.497 e. The van der Waals surface area contributed by atoms with Crippen molar-refractivity contribution in [3.8, 4) is 5.75 Å². The van der Waals surface area contributed by atoms with Crippen molar-refractivity contribution in [2.75, 3.05) is 26.9 Å². The van der Waals surface area contributed by atoms with E-state index >= 15 is 0 Å². The number of aliphatic hydroxyl groups is 1. The molecule has 0 bridgehead atoms. The number of esters is 5. The summed E-state index contributed by atoms with van der Waals surface area (Å²) in [6, 6.07) is 6.03. The molecule has 48 heavy (non-hydrogen) atoms. The van der Waals surface area contributed by atoms with Gasteiger partial charge >= 0.3 is 29.8 Å². The summed E-state index contributed by atoms with van der Waals surface area (Å²) in [4.78, 5) is 74.6. The average Bonchev–Trinajstić information content (AvgIpc) is 3.14. The van der Waals surface area contributed by atoms with Gasteiger partial charge in [-0.1, -0.05) is 0 Å². The standard InChI is InChI=1S/C31H38O17/c1-14(32)41-13-22-25(43-15(2)33)26(44-16(3)34)27(45-17(4)35)31(46-22)48-30-23-20(10-11-40-30)24(29(38)42-12-21(23)36)47-28(37)18-6-8-19(39-5)9-7-18/h6-9,20,22-27,29-31,38H,10-13H2,1-5H3/t20?,22-,23?,24+,25-,26+,27-,29?,30?,31+/m1/s1. The van der Waals surface area contributed by atoms with Crippen molar-refractivity contribution in [3.63, 3.8) is 0 Å². The molecule has 264 valence electrons. The number of ether oxygens (including phenoxy) is 10. The van der Waals surface area contributed by atoms with Gasteiger partial charge in [-0.15, -0.1) is 0 Å². The molecule has 0 radical (unpaired) electrons. The van der Waals surface area contributed by atoms with Gasteiger partial charge in [0.25, 0.3) is 0 Å². The Labute approximate surface area is 274 Å². The maximum absolute atomic E-state index is 13.4. The van der Waals surface area contributed by atoms with E-state index in [0.29, 0.717) is 5.75 Å². The maximum atomic E-state index is 13.4. The normalized spacial score (nSPS) is 31.7. The Bertz CT molecular complexity index is 1340. The lowest BCUT2D eigenvalue weighted by atomic mass is 9.80. The Morgan fingerprint density at radius 1 is 0.792 bits per heavy atom. The third kappa shape index (κ3) is 9.04. The van der Waals surface area contributed by atoms with E-state index in [0.717, 1.165) is 27.7 Å². The molecule has 3 aliphatic heterocycles. The summed E-state index contributed by atoms with van der Waals surface area (Å²) in [5.41, 5.74) is 0.146. The molecule has 3 fully saturated rings. The highest BCUT2D eigenvalue weighted by Gasteiger charge is 2.56. The molecule has 0 amide bonds. The Hall–Kier alpha value is -4.16. The monoisotopic (exact) mass is 682 g/mol. The number of hydrogen-bond donors (Lipinski definition) is 1. The van der Waals surface area contributed by atoms with Crippen LogP contribution in [0.5, 0.6) is 5.75 Å². The molecule has 4 rings (SSSR count). The van der Waals surface area contributed by atoms with Gasteiger partial charge < -0.3 is 52.5 Å². The molecule has 0 aliphatic carbocycles. The van der Waals surface area contributed by atoms with Crippen molar-refractivity contribution < 1.29 is 81.2 Å². The summed E-state index contributed by atoms with van der Waals surface area (Å²) in [6.45, 7) is 3.20. The van der Waals surface area contributed by atoms with Gasteiger partial charge in [0.05, 0.1) is 25.2 Å². The summed E-state index contributed by atoms with van der Waals surface area (Å²) in [5, 5.41) is 10.8. The number of fused-ring (bicyclic) bond motifs is 1. The van der Waals surface area contributed by atoms with Crippen molar-refractivity contribution in [2.45, 2.75) is 83.5 Å². The van der Waals surface area contributed by atoms with Crippen LogP contribution in [0.2, 0.25) is 0 Å². The van der Waals surface area contributed by atoms with Gasteiger partial charge in [0, 0.05) is 33.6 Å². The molecule has 4 unspecified atom stereocenters. The zero-order chi connectivity index (χ0) is 35.1. The highest BCUT2D eigenvalue weighted by atomic mass is 16.8. The predicted molar refractivity (Wildman–Crippen MR) is 154 cm³/mol. The Morgan fingerprint density at radius 3 is 2.02 bits per heavy atom. The molecule has 0 saturated carbocycles. The number of aliphatic hydroxyl groups excluding tert-OH is 1. The van der Waals surface area contributed by atoms with Gasteiger partial charge in [-0.25, -0.2) is 4.79 Å². The molecule has 1 aromatic rings. The molecule has 3 heterocycles. The van der Waals surface area contributed by atoms with Crippen LogP contribution in [0.3, 0.4) is 0 Å². The number of carbonyl (C=O) groups excluding carboxylic acids is 6. The predicted octanol–water partition coefficient (Wildman–Crippen LogP) is 0.217. The van der Waals surface area contributed by atoms with Crippen LogP contribution in [0.25, 0.3) is 0 Å². The second kappa shape index (κ2) is 16.3. The minimum atomic E-state index is -1.68. The first-order chi connectivity index (χ1) is 22.8. The Morgan fingerprint density at radius 2 is 1.42 bits per heavy atom. The smallest absolute Gasteiger partial charge is 0.338 e. The number of carbonyl (C=O) groups is 6. The van der Waals surface area contributed by atoms with Crippen LogP contribution in [0, 0.1) is 11.8 Å². The van der Waals surface area contributed by atoms with E-state index in [1.807, 2.05) is 0 Å². The summed E-state index contributed by atoms with van der Waals surface area (Å²) < 4.78 is 55.4. The lowest BCUT2D eigenvalue weighted by Gasteiger charge is -2.46. The van der Waals surface area contributed by atoms with Crippen LogP contribution in [-0.2, 0) is 66.6 Å². The van der Waals surface area contributed by atoms with Crippen LogP contribution < -0.4 is 4.74 Å². The fourth-order valence-electron chi connectivity index (χ4n) is 5.75. The number of benzene rings is 1. The molecule has 17 nitrogen and oxygen atoms in total. The number of hydrogen-bond acceptors (Lipinski definition) is 17. The lowest BCUT2D eigenvalue weighted by Crippen LogP contribution is -2.64. The van der Waals surface area contributed by atoms with E-state index in [4.69, 9.17) is 47.4 Å². The first kappa shape index (κ1) is 36.7. The molecule has 1 aromatic carbocycles. The summed E-state index contributed by atoms with van der Waals surface area (Å²) in [7, 11) is 1.47. The Kier molecular flexibility index (Phi) is 12.4. The maximum Gasteiger partial charge on any atom is 0.338 e. The average molecular weight is 683 g/mol. The number of rotatable bonds is 10. The zero-order valence-corrected chi connectivity index (χ0v) is 26.9. The van der Waals surface area contributed by atoms with Gasteiger partial charge in [-0.3, -0.25) is 24.0 Å². The van der Waals surface area contributed by atoms with Crippen LogP contribution in [-0.4, -0.2) is 117 Å². The van der Waals surface area contributed by atoms with Gasteiger partial charge in [0.15, 0.2) is 42.8 Å². The van der Waals surface area contributed by atoms with Gasteiger partial charge in [-0.2, -0.15) is 0 Å². The fraction of sp³-hybridized carbons (Fsp3) is 0.613. The second-order valence-corrected chi connectivity index (χ2v) is 11.2. The van der Waals surface area contributed by atoms with E-state index in [-0.39, 0.29) is 18.6 Å². The quantitative estimate of drug-likeness (QED) is 0.258. The lowest BCUT2D eigenvalue weighted by molar-refractivity contribution is -0.352. The molecule has 0 spiro atoms. The minimum absolute atomic E-state index is 0.0479. The molecular weight excluding hydrogens is 644 g/mol. The SMILES string of the molecule is COc1ccc(C(=O)O[C@@H]2C(O)OCC(=O)C3C(O[C@@H]4O[C@H](COC(C)=O)[C@@H](OC(C)=O)[C@H](OC(C)=O)[C@H]4OC(C)=O)OCCC32)cc1. The molecule has 1 N–H and O–H groups in total. The molecule has 3 aliphatic rings. The van der Waals surface area contributed by atoms with Gasteiger partial charge in [0.1, 0.15) is 25.1 Å². The zero-order valence-electron chi connectivity index (χ0n) is 26.9. The van der Waals surface area contributed by atoms with E-state index < -0.39 is 110 Å². The van der Waals surface area contributed by atoms with Crippen LogP contribution >= 0.6 is 0 Å². The topological polar surface area (TPSA) is 215 Å². The number of Topliss-reactive ketones (excluding diaryl/α,β-unsaturated/α-hetero) is 1. The third-order valence-electron chi connectivity index (χ3n) is 7.74. The number of methoxy groups -OCH3 is 1. The molecule has 17 heteroatoms. The van der Waals surface area contributed by atoms with Gasteiger partial charge in [0.2, 0.25) is 6.29 Å².